The minimum Gasteiger partial charge on any atom is -0.481 e. The van der Waals surface area contributed by atoms with Gasteiger partial charge in [-0.15, -0.1) is 0 Å². The van der Waals surface area contributed by atoms with E-state index in [2.05, 4.69) is 5.32 Å². The fourth-order valence-corrected chi connectivity index (χ4v) is 2.46. The molecule has 2 unspecified atom stereocenters. The lowest BCUT2D eigenvalue weighted by molar-refractivity contribution is -0.139. The van der Waals surface area contributed by atoms with Crippen molar-refractivity contribution in [2.45, 2.75) is 52.0 Å². The van der Waals surface area contributed by atoms with E-state index >= 15 is 0 Å². The van der Waals surface area contributed by atoms with Gasteiger partial charge in [-0.25, -0.2) is 0 Å². The van der Waals surface area contributed by atoms with Crippen molar-refractivity contribution in [3.63, 3.8) is 0 Å². The molecule has 0 radical (unpaired) electrons. The summed E-state index contributed by atoms with van der Waals surface area (Å²) in [5.74, 6) is -1.11. The molecule has 1 aliphatic rings. The van der Waals surface area contributed by atoms with Gasteiger partial charge in [0.1, 0.15) is 6.04 Å². The maximum atomic E-state index is 12.1. The maximum absolute atomic E-state index is 12.1. The van der Waals surface area contributed by atoms with Gasteiger partial charge in [0.05, 0.1) is 0 Å². The van der Waals surface area contributed by atoms with Crippen LogP contribution in [0.1, 0.15) is 46.0 Å². The van der Waals surface area contributed by atoms with Crippen LogP contribution in [0.4, 0.5) is 0 Å². The first kappa shape index (κ1) is 16.5. The molecule has 1 rings (SSSR count). The van der Waals surface area contributed by atoms with Gasteiger partial charge in [0.2, 0.25) is 11.8 Å². The average molecular weight is 284 g/mol. The number of nitrogens with zero attached hydrogens (tertiary/aromatic N) is 1. The molecule has 6 heteroatoms. The zero-order chi connectivity index (χ0) is 15.1. The smallest absolute Gasteiger partial charge is 0.303 e. The molecule has 1 fully saturated rings. The topological polar surface area (TPSA) is 86.7 Å². The Balaban J connectivity index is 2.45. The summed E-state index contributed by atoms with van der Waals surface area (Å²) in [5, 5.41) is 11.4. The number of nitrogens with one attached hydrogen (secondary N) is 1. The molecular weight excluding hydrogens is 260 g/mol. The predicted molar refractivity (Wildman–Crippen MR) is 74.1 cm³/mol. The first-order valence-corrected chi connectivity index (χ1v) is 7.24. The molecular formula is C14H24N2O4. The SMILES string of the molecule is CCCC(=O)N1CCCC1C(=O)NCC(C)CC(=O)O. The first-order valence-electron chi connectivity index (χ1n) is 7.24. The van der Waals surface area contributed by atoms with Gasteiger partial charge in [-0.3, -0.25) is 14.4 Å². The summed E-state index contributed by atoms with van der Waals surface area (Å²) in [7, 11) is 0. The molecule has 6 nitrogen and oxygen atoms in total. The third kappa shape index (κ3) is 4.83. The number of carboxylic acid groups (broad SMARTS) is 1. The van der Waals surface area contributed by atoms with Crippen LogP contribution < -0.4 is 5.32 Å². The van der Waals surface area contributed by atoms with E-state index < -0.39 is 5.97 Å². The Hall–Kier alpha value is -1.59. The number of hydrogen-bond acceptors (Lipinski definition) is 3. The monoisotopic (exact) mass is 284 g/mol. The van der Waals surface area contributed by atoms with E-state index in [1.807, 2.05) is 6.92 Å². The van der Waals surface area contributed by atoms with Gasteiger partial charge in [-0.05, 0) is 25.2 Å². The largest absolute Gasteiger partial charge is 0.481 e. The van der Waals surface area contributed by atoms with Crippen molar-refractivity contribution < 1.29 is 19.5 Å². The number of amides is 2. The number of hydrogen-bond donors (Lipinski definition) is 2. The van der Waals surface area contributed by atoms with Crippen molar-refractivity contribution in [3.05, 3.63) is 0 Å². The summed E-state index contributed by atoms with van der Waals surface area (Å²) in [4.78, 5) is 36.2. The minimum atomic E-state index is -0.868. The van der Waals surface area contributed by atoms with Crippen molar-refractivity contribution in [1.29, 1.82) is 0 Å². The third-order valence-corrected chi connectivity index (χ3v) is 3.49. The second-order valence-corrected chi connectivity index (χ2v) is 5.44. The number of aliphatic carboxylic acids is 1. The van der Waals surface area contributed by atoms with Crippen LogP contribution in [0.15, 0.2) is 0 Å². The van der Waals surface area contributed by atoms with Crippen molar-refractivity contribution in [1.82, 2.24) is 10.2 Å². The van der Waals surface area contributed by atoms with Crippen molar-refractivity contribution >= 4 is 17.8 Å². The normalized spacial score (nSPS) is 19.7. The Bertz CT molecular complexity index is 370. The number of carboxylic acids is 1. The lowest BCUT2D eigenvalue weighted by Crippen LogP contribution is -2.46. The summed E-state index contributed by atoms with van der Waals surface area (Å²) in [6.45, 7) is 4.69. The summed E-state index contributed by atoms with van der Waals surface area (Å²) >= 11 is 0. The second-order valence-electron chi connectivity index (χ2n) is 5.44. The van der Waals surface area contributed by atoms with Crippen molar-refractivity contribution in [3.8, 4) is 0 Å². The van der Waals surface area contributed by atoms with Crippen molar-refractivity contribution in [2.75, 3.05) is 13.1 Å². The van der Waals surface area contributed by atoms with Gasteiger partial charge in [-0.2, -0.15) is 0 Å². The molecule has 2 N–H and O–H groups in total. The van der Waals surface area contributed by atoms with E-state index in [0.29, 0.717) is 25.9 Å². The highest BCUT2D eigenvalue weighted by molar-refractivity contribution is 5.88. The Morgan fingerprint density at radius 2 is 2.10 bits per heavy atom. The third-order valence-electron chi connectivity index (χ3n) is 3.49. The highest BCUT2D eigenvalue weighted by Crippen LogP contribution is 2.19. The Morgan fingerprint density at radius 1 is 1.40 bits per heavy atom. The number of carbonyl (C=O) groups excluding carboxylic acids is 2. The Labute approximate surface area is 119 Å². The van der Waals surface area contributed by atoms with Crippen molar-refractivity contribution in [2.24, 2.45) is 5.92 Å². The van der Waals surface area contributed by atoms with Crippen LogP contribution in [-0.4, -0.2) is 46.9 Å². The maximum Gasteiger partial charge on any atom is 0.303 e. The van der Waals surface area contributed by atoms with Crippen LogP contribution in [-0.2, 0) is 14.4 Å². The molecule has 0 aromatic heterocycles. The molecule has 0 aliphatic carbocycles. The molecule has 20 heavy (non-hydrogen) atoms. The minimum absolute atomic E-state index is 0.0312. The predicted octanol–water partition coefficient (Wildman–Crippen LogP) is 1.00. The van der Waals surface area contributed by atoms with Crippen LogP contribution in [0.25, 0.3) is 0 Å². The summed E-state index contributed by atoms with van der Waals surface area (Å²) in [5.41, 5.74) is 0. The standard InChI is InChI=1S/C14H24N2O4/c1-3-5-12(17)16-7-4-6-11(16)14(20)15-9-10(2)8-13(18)19/h10-11H,3-9H2,1-2H3,(H,15,20)(H,18,19). The number of likely N-dealkylation sites (tertiary alicyclic amines) is 1. The van der Waals surface area contributed by atoms with Crippen LogP contribution in [0.5, 0.6) is 0 Å². The van der Waals surface area contributed by atoms with Crippen LogP contribution in [0.2, 0.25) is 0 Å². The molecule has 114 valence electrons. The Morgan fingerprint density at radius 3 is 2.70 bits per heavy atom. The fourth-order valence-electron chi connectivity index (χ4n) is 2.46. The lowest BCUT2D eigenvalue weighted by Gasteiger charge is -2.24. The van der Waals surface area contributed by atoms with Gasteiger partial charge in [-0.1, -0.05) is 13.8 Å². The Kier molecular flexibility index (Phi) is 6.48. The molecule has 0 bridgehead atoms. The zero-order valence-electron chi connectivity index (χ0n) is 12.2. The average Bonchev–Trinajstić information content (AvgIpc) is 2.84. The highest BCUT2D eigenvalue weighted by atomic mass is 16.4. The molecule has 0 aromatic rings. The zero-order valence-corrected chi connectivity index (χ0v) is 12.2. The van der Waals surface area contributed by atoms with E-state index in [1.165, 1.54) is 0 Å². The van der Waals surface area contributed by atoms with E-state index in [0.717, 1.165) is 12.8 Å². The molecule has 1 saturated heterocycles. The highest BCUT2D eigenvalue weighted by Gasteiger charge is 2.33. The van der Waals surface area contributed by atoms with E-state index in [1.54, 1.807) is 11.8 Å². The first-order chi connectivity index (χ1) is 9.45. The van der Waals surface area contributed by atoms with Gasteiger partial charge >= 0.3 is 5.97 Å². The van der Waals surface area contributed by atoms with Gasteiger partial charge in [0.15, 0.2) is 0 Å². The number of carbonyl (C=O) groups is 3. The molecule has 0 spiro atoms. The molecule has 2 atom stereocenters. The lowest BCUT2D eigenvalue weighted by atomic mass is 10.1. The van der Waals surface area contributed by atoms with Crippen LogP contribution in [0, 0.1) is 5.92 Å². The molecule has 0 aromatic carbocycles. The fraction of sp³-hybridized carbons (Fsp3) is 0.786. The molecule has 2 amide bonds. The summed E-state index contributed by atoms with van der Waals surface area (Å²) in [6.07, 6.45) is 2.81. The summed E-state index contributed by atoms with van der Waals surface area (Å²) < 4.78 is 0. The van der Waals surface area contributed by atoms with Gasteiger partial charge < -0.3 is 15.3 Å². The molecule has 1 heterocycles. The van der Waals surface area contributed by atoms with Gasteiger partial charge in [0.25, 0.3) is 0 Å². The second kappa shape index (κ2) is 7.87. The van der Waals surface area contributed by atoms with E-state index in [9.17, 15) is 14.4 Å². The number of rotatable bonds is 7. The quantitative estimate of drug-likeness (QED) is 0.730. The molecule has 0 saturated carbocycles. The van der Waals surface area contributed by atoms with Crippen LogP contribution in [0.3, 0.4) is 0 Å². The summed E-state index contributed by atoms with van der Waals surface area (Å²) in [6, 6.07) is -0.383. The molecule has 1 aliphatic heterocycles. The van der Waals surface area contributed by atoms with E-state index in [4.69, 9.17) is 5.11 Å². The van der Waals surface area contributed by atoms with Crippen LogP contribution >= 0.6 is 0 Å². The van der Waals surface area contributed by atoms with E-state index in [-0.39, 0.29) is 30.2 Å². The van der Waals surface area contributed by atoms with Gasteiger partial charge in [0, 0.05) is 25.9 Å².